The summed E-state index contributed by atoms with van der Waals surface area (Å²) in [5.74, 6) is 1.88. The van der Waals surface area contributed by atoms with Crippen molar-refractivity contribution >= 4 is 17.7 Å². The molecule has 0 saturated carbocycles. The molecular formula is C15H12ClNO3. The Morgan fingerprint density at radius 3 is 2.60 bits per heavy atom. The van der Waals surface area contributed by atoms with Gasteiger partial charge in [0.25, 0.3) is 0 Å². The molecule has 5 heteroatoms. The molecule has 0 N–H and O–H groups in total. The Morgan fingerprint density at radius 2 is 1.90 bits per heavy atom. The van der Waals surface area contributed by atoms with Gasteiger partial charge in [0.1, 0.15) is 23.9 Å². The van der Waals surface area contributed by atoms with E-state index < -0.39 is 0 Å². The minimum atomic E-state index is 0.252. The van der Waals surface area contributed by atoms with Crippen molar-refractivity contribution in [3.63, 3.8) is 0 Å². The average Bonchev–Trinajstić information content (AvgIpc) is 2.46. The summed E-state index contributed by atoms with van der Waals surface area (Å²) >= 11 is 6.10. The maximum atomic E-state index is 9.91. The highest BCUT2D eigenvalue weighted by molar-refractivity contribution is 6.32. The van der Waals surface area contributed by atoms with E-state index in [1.165, 1.54) is 6.08 Å². The summed E-state index contributed by atoms with van der Waals surface area (Å²) in [6.07, 6.45) is 1.45. The molecule has 2 rings (SSSR count). The summed E-state index contributed by atoms with van der Waals surface area (Å²) in [7, 11) is 0. The number of ether oxygens (including phenoxy) is 2. The third-order valence-corrected chi connectivity index (χ3v) is 2.70. The molecule has 4 nitrogen and oxygen atoms in total. The number of para-hydroxylation sites is 1. The lowest BCUT2D eigenvalue weighted by molar-refractivity contribution is 0.328. The second-order valence-corrected chi connectivity index (χ2v) is 4.24. The van der Waals surface area contributed by atoms with E-state index in [0.29, 0.717) is 16.5 Å². The van der Waals surface area contributed by atoms with Crippen LogP contribution in [-0.4, -0.2) is 19.2 Å². The van der Waals surface area contributed by atoms with Crippen LogP contribution in [-0.2, 0) is 4.79 Å². The van der Waals surface area contributed by atoms with Gasteiger partial charge in [-0.2, -0.15) is 0 Å². The number of nitrogens with zero attached hydrogens (tertiary/aromatic N) is 1. The van der Waals surface area contributed by atoms with Crippen LogP contribution in [0.5, 0.6) is 17.2 Å². The molecule has 102 valence electrons. The lowest BCUT2D eigenvalue weighted by atomic mass is 10.3. The fourth-order valence-electron chi connectivity index (χ4n) is 1.53. The Bertz CT molecular complexity index is 610. The molecule has 0 unspecified atom stereocenters. The maximum absolute atomic E-state index is 9.91. The lowest BCUT2D eigenvalue weighted by Gasteiger charge is -2.09. The molecule has 0 spiro atoms. The SMILES string of the molecule is O=C=NCCOc1ccc(Oc2ccccc2)cc1Cl. The van der Waals surface area contributed by atoms with Gasteiger partial charge in [-0.3, -0.25) is 0 Å². The van der Waals surface area contributed by atoms with Crippen molar-refractivity contribution in [2.75, 3.05) is 13.2 Å². The standard InChI is InChI=1S/C15H12ClNO3/c16-14-10-13(20-12-4-2-1-3-5-12)6-7-15(14)19-9-8-17-11-18/h1-7,10H,8-9H2. The minimum Gasteiger partial charge on any atom is -0.490 e. The fourth-order valence-corrected chi connectivity index (χ4v) is 1.76. The fraction of sp³-hybridized carbons (Fsp3) is 0.133. The average molecular weight is 290 g/mol. The Labute approximate surface area is 121 Å². The molecule has 0 saturated heterocycles. The van der Waals surface area contributed by atoms with E-state index >= 15 is 0 Å². The normalized spacial score (nSPS) is 9.65. The second kappa shape index (κ2) is 7.34. The third-order valence-electron chi connectivity index (χ3n) is 2.41. The van der Waals surface area contributed by atoms with Crippen LogP contribution in [0.15, 0.2) is 53.5 Å². The molecule has 0 heterocycles. The predicted molar refractivity (Wildman–Crippen MR) is 76.5 cm³/mol. The molecule has 0 aliphatic rings. The van der Waals surface area contributed by atoms with Gasteiger partial charge in [0.2, 0.25) is 6.08 Å². The van der Waals surface area contributed by atoms with Gasteiger partial charge in [-0.25, -0.2) is 9.79 Å². The zero-order valence-electron chi connectivity index (χ0n) is 10.6. The van der Waals surface area contributed by atoms with Crippen LogP contribution in [0.2, 0.25) is 5.02 Å². The minimum absolute atomic E-state index is 0.252. The molecule has 0 aromatic heterocycles. The number of benzene rings is 2. The molecular weight excluding hydrogens is 278 g/mol. The molecule has 0 bridgehead atoms. The topological polar surface area (TPSA) is 47.9 Å². The first-order chi connectivity index (χ1) is 9.79. The first-order valence-electron chi connectivity index (χ1n) is 5.98. The molecule has 2 aromatic rings. The molecule has 2 aromatic carbocycles. The zero-order valence-corrected chi connectivity index (χ0v) is 11.3. The van der Waals surface area contributed by atoms with Gasteiger partial charge >= 0.3 is 0 Å². The van der Waals surface area contributed by atoms with Crippen LogP contribution < -0.4 is 9.47 Å². The number of aliphatic imine (C=N–C) groups is 1. The highest BCUT2D eigenvalue weighted by Crippen LogP contribution is 2.31. The van der Waals surface area contributed by atoms with Gasteiger partial charge < -0.3 is 9.47 Å². The third kappa shape index (κ3) is 4.12. The summed E-state index contributed by atoms with van der Waals surface area (Å²) in [4.78, 5) is 13.3. The quantitative estimate of drug-likeness (QED) is 0.461. The van der Waals surface area contributed by atoms with Gasteiger partial charge in [-0.15, -0.1) is 0 Å². The molecule has 0 radical (unpaired) electrons. The molecule has 0 aliphatic carbocycles. The van der Waals surface area contributed by atoms with Crippen molar-refractivity contribution in [2.45, 2.75) is 0 Å². The Kier molecular flexibility index (Phi) is 5.18. The van der Waals surface area contributed by atoms with Gasteiger partial charge in [0.15, 0.2) is 0 Å². The summed E-state index contributed by atoms with van der Waals surface area (Å²) < 4.78 is 11.0. The second-order valence-electron chi connectivity index (χ2n) is 3.83. The Hall–Kier alpha value is -2.29. The van der Waals surface area contributed by atoms with E-state index in [-0.39, 0.29) is 13.2 Å². The van der Waals surface area contributed by atoms with Crippen LogP contribution in [0.4, 0.5) is 0 Å². The maximum Gasteiger partial charge on any atom is 0.235 e. The molecule has 20 heavy (non-hydrogen) atoms. The number of hydrogen-bond donors (Lipinski definition) is 0. The smallest absolute Gasteiger partial charge is 0.235 e. The lowest BCUT2D eigenvalue weighted by Crippen LogP contribution is -2.01. The molecule has 0 amide bonds. The van der Waals surface area contributed by atoms with Gasteiger partial charge in [0.05, 0.1) is 11.6 Å². The summed E-state index contributed by atoms with van der Waals surface area (Å²) in [5, 5.41) is 0.438. The van der Waals surface area contributed by atoms with Gasteiger partial charge in [-0.1, -0.05) is 29.8 Å². The monoisotopic (exact) mass is 289 g/mol. The number of isocyanates is 1. The largest absolute Gasteiger partial charge is 0.490 e. The number of hydrogen-bond acceptors (Lipinski definition) is 4. The first kappa shape index (κ1) is 14.1. The van der Waals surface area contributed by atoms with Crippen molar-refractivity contribution in [3.8, 4) is 17.2 Å². The number of carbonyl (C=O) groups excluding carboxylic acids is 1. The highest BCUT2D eigenvalue weighted by atomic mass is 35.5. The summed E-state index contributed by atoms with van der Waals surface area (Å²) in [5.41, 5.74) is 0. The number of rotatable bonds is 6. The highest BCUT2D eigenvalue weighted by Gasteiger charge is 2.04. The first-order valence-corrected chi connectivity index (χ1v) is 6.36. The van der Waals surface area contributed by atoms with E-state index in [1.54, 1.807) is 18.2 Å². The van der Waals surface area contributed by atoms with Crippen molar-refractivity contribution in [3.05, 3.63) is 53.6 Å². The molecule has 0 aliphatic heterocycles. The summed E-state index contributed by atoms with van der Waals surface area (Å²) in [6.45, 7) is 0.524. The van der Waals surface area contributed by atoms with Crippen LogP contribution in [0, 0.1) is 0 Å². The zero-order chi connectivity index (χ0) is 14.2. The van der Waals surface area contributed by atoms with E-state index in [2.05, 4.69) is 4.99 Å². The van der Waals surface area contributed by atoms with E-state index in [4.69, 9.17) is 21.1 Å². The van der Waals surface area contributed by atoms with E-state index in [1.807, 2.05) is 30.3 Å². The van der Waals surface area contributed by atoms with Crippen molar-refractivity contribution in [1.82, 2.24) is 0 Å². The van der Waals surface area contributed by atoms with Crippen LogP contribution in [0.25, 0.3) is 0 Å². The van der Waals surface area contributed by atoms with Crippen LogP contribution in [0.3, 0.4) is 0 Å². The van der Waals surface area contributed by atoms with Crippen molar-refractivity contribution in [2.24, 2.45) is 4.99 Å². The molecule has 0 fully saturated rings. The van der Waals surface area contributed by atoms with Crippen LogP contribution >= 0.6 is 11.6 Å². The predicted octanol–water partition coefficient (Wildman–Crippen LogP) is 3.85. The van der Waals surface area contributed by atoms with Crippen LogP contribution in [0.1, 0.15) is 0 Å². The van der Waals surface area contributed by atoms with Gasteiger partial charge in [0, 0.05) is 6.07 Å². The van der Waals surface area contributed by atoms with E-state index in [9.17, 15) is 4.79 Å². The molecule has 0 atom stereocenters. The van der Waals surface area contributed by atoms with E-state index in [0.717, 1.165) is 5.75 Å². The van der Waals surface area contributed by atoms with Gasteiger partial charge in [-0.05, 0) is 24.3 Å². The van der Waals surface area contributed by atoms with Crippen molar-refractivity contribution < 1.29 is 14.3 Å². The summed E-state index contributed by atoms with van der Waals surface area (Å²) in [6, 6.07) is 14.6. The Morgan fingerprint density at radius 1 is 1.10 bits per heavy atom. The Balaban J connectivity index is 2.00. The number of halogens is 1. The van der Waals surface area contributed by atoms with Crippen molar-refractivity contribution in [1.29, 1.82) is 0 Å².